The van der Waals surface area contributed by atoms with Gasteiger partial charge in [0.25, 0.3) is 0 Å². The van der Waals surface area contributed by atoms with Crippen molar-refractivity contribution in [2.75, 3.05) is 0 Å². The highest BCUT2D eigenvalue weighted by Gasteiger charge is 2.29. The smallest absolute Gasteiger partial charge is 0.0166 e. The lowest BCUT2D eigenvalue weighted by atomic mass is 10.0. The van der Waals surface area contributed by atoms with Gasteiger partial charge in [0.1, 0.15) is 0 Å². The van der Waals surface area contributed by atoms with Crippen molar-refractivity contribution in [2.24, 2.45) is 11.8 Å². The normalized spacial score (nSPS) is 29.1. The second-order valence-corrected chi connectivity index (χ2v) is 3.67. The van der Waals surface area contributed by atoms with E-state index < -0.39 is 0 Å². The Balaban J connectivity index is 2.55. The van der Waals surface area contributed by atoms with E-state index >= 15 is 0 Å². The van der Waals surface area contributed by atoms with Crippen LogP contribution in [0, 0.1) is 11.8 Å². The molecule has 1 aliphatic carbocycles. The fraction of sp³-hybridized carbons (Fsp3) is 0.800. The molecule has 0 radical (unpaired) electrons. The van der Waals surface area contributed by atoms with Gasteiger partial charge in [-0.15, -0.1) is 0 Å². The van der Waals surface area contributed by atoms with Crippen LogP contribution in [0.3, 0.4) is 0 Å². The van der Waals surface area contributed by atoms with Crippen LogP contribution >= 0.6 is 0 Å². The summed E-state index contributed by atoms with van der Waals surface area (Å²) in [5.74, 6) is 1.73. The molecule has 0 N–H and O–H groups in total. The van der Waals surface area contributed by atoms with Gasteiger partial charge in [0.05, 0.1) is 0 Å². The average Bonchev–Trinajstić information content (AvgIpc) is 2.64. The number of allylic oxidation sites excluding steroid dienone is 2. The fourth-order valence-electron chi connectivity index (χ4n) is 1.45. The summed E-state index contributed by atoms with van der Waals surface area (Å²) in [6.45, 7) is 9.14. The fourth-order valence-corrected chi connectivity index (χ4v) is 1.45. The van der Waals surface area contributed by atoms with Crippen LogP contribution in [0.2, 0.25) is 0 Å². The maximum atomic E-state index is 2.29. The number of hydrogen-bond acceptors (Lipinski definition) is 0. The Morgan fingerprint density at radius 2 is 2.20 bits per heavy atom. The lowest BCUT2D eigenvalue weighted by Gasteiger charge is -2.02. The second-order valence-electron chi connectivity index (χ2n) is 3.67. The van der Waals surface area contributed by atoms with Gasteiger partial charge in [-0.05, 0) is 31.6 Å². The van der Waals surface area contributed by atoms with Gasteiger partial charge in [-0.3, -0.25) is 0 Å². The zero-order chi connectivity index (χ0) is 7.72. The molecule has 1 unspecified atom stereocenters. The van der Waals surface area contributed by atoms with Gasteiger partial charge in [0, 0.05) is 0 Å². The Hall–Kier alpha value is -0.260. The predicted molar refractivity (Wildman–Crippen MR) is 45.9 cm³/mol. The molecule has 0 aromatic carbocycles. The zero-order valence-corrected chi connectivity index (χ0v) is 7.57. The Bertz CT molecular complexity index is 151. The molecule has 0 heterocycles. The van der Waals surface area contributed by atoms with E-state index in [4.69, 9.17) is 0 Å². The SMILES string of the molecule is CCC1CC1=C(C)C(C)C. The molecule has 0 saturated heterocycles. The summed E-state index contributed by atoms with van der Waals surface area (Å²) in [7, 11) is 0. The van der Waals surface area contributed by atoms with E-state index in [9.17, 15) is 0 Å². The molecule has 1 rings (SSSR count). The monoisotopic (exact) mass is 138 g/mol. The van der Waals surface area contributed by atoms with Crippen LogP contribution in [-0.4, -0.2) is 0 Å². The van der Waals surface area contributed by atoms with E-state index in [1.165, 1.54) is 12.8 Å². The molecule has 0 spiro atoms. The molecule has 1 aliphatic rings. The summed E-state index contributed by atoms with van der Waals surface area (Å²) < 4.78 is 0. The van der Waals surface area contributed by atoms with Gasteiger partial charge in [-0.1, -0.05) is 31.9 Å². The Kier molecular flexibility index (Phi) is 2.18. The summed E-state index contributed by atoms with van der Waals surface area (Å²) in [5, 5.41) is 0. The maximum Gasteiger partial charge on any atom is -0.0166 e. The zero-order valence-electron chi connectivity index (χ0n) is 7.57. The van der Waals surface area contributed by atoms with Gasteiger partial charge in [-0.2, -0.15) is 0 Å². The van der Waals surface area contributed by atoms with Crippen molar-refractivity contribution in [3.8, 4) is 0 Å². The highest BCUT2D eigenvalue weighted by atomic mass is 14.3. The van der Waals surface area contributed by atoms with E-state index in [0.717, 1.165) is 11.8 Å². The Morgan fingerprint density at radius 3 is 2.50 bits per heavy atom. The molecule has 10 heavy (non-hydrogen) atoms. The third-order valence-electron chi connectivity index (χ3n) is 2.66. The molecule has 0 amide bonds. The van der Waals surface area contributed by atoms with Crippen LogP contribution in [0.5, 0.6) is 0 Å². The first-order chi connectivity index (χ1) is 4.66. The van der Waals surface area contributed by atoms with Crippen LogP contribution in [0.4, 0.5) is 0 Å². The van der Waals surface area contributed by atoms with Crippen molar-refractivity contribution in [2.45, 2.75) is 40.5 Å². The van der Waals surface area contributed by atoms with Crippen molar-refractivity contribution < 1.29 is 0 Å². The van der Waals surface area contributed by atoms with Gasteiger partial charge in [0.15, 0.2) is 0 Å². The first-order valence-electron chi connectivity index (χ1n) is 4.36. The maximum absolute atomic E-state index is 2.29. The lowest BCUT2D eigenvalue weighted by Crippen LogP contribution is -1.88. The summed E-state index contributed by atoms with van der Waals surface area (Å²) in [6.07, 6.45) is 2.74. The van der Waals surface area contributed by atoms with Crippen molar-refractivity contribution >= 4 is 0 Å². The molecule has 0 heteroatoms. The van der Waals surface area contributed by atoms with Crippen molar-refractivity contribution in [1.29, 1.82) is 0 Å². The summed E-state index contributed by atoms with van der Waals surface area (Å²) in [4.78, 5) is 0. The first kappa shape index (κ1) is 7.84. The van der Waals surface area contributed by atoms with Crippen LogP contribution < -0.4 is 0 Å². The molecule has 0 aromatic heterocycles. The standard InChI is InChI=1S/C10H18/c1-5-9-6-10(9)8(4)7(2)3/h7,9H,5-6H2,1-4H3. The van der Waals surface area contributed by atoms with Gasteiger partial charge in [-0.25, -0.2) is 0 Å². The second kappa shape index (κ2) is 2.77. The third kappa shape index (κ3) is 1.42. The van der Waals surface area contributed by atoms with Gasteiger partial charge in [0.2, 0.25) is 0 Å². The Morgan fingerprint density at radius 1 is 1.60 bits per heavy atom. The third-order valence-corrected chi connectivity index (χ3v) is 2.66. The van der Waals surface area contributed by atoms with Crippen LogP contribution in [-0.2, 0) is 0 Å². The molecule has 0 aromatic rings. The molecule has 58 valence electrons. The summed E-state index contributed by atoms with van der Waals surface area (Å²) in [6, 6.07) is 0. The van der Waals surface area contributed by atoms with Crippen LogP contribution in [0.15, 0.2) is 11.1 Å². The van der Waals surface area contributed by atoms with E-state index in [0.29, 0.717) is 0 Å². The molecule has 0 bridgehead atoms. The number of rotatable bonds is 2. The summed E-state index contributed by atoms with van der Waals surface area (Å²) >= 11 is 0. The minimum atomic E-state index is 0.770. The lowest BCUT2D eigenvalue weighted by molar-refractivity contribution is 0.753. The van der Waals surface area contributed by atoms with E-state index in [2.05, 4.69) is 27.7 Å². The van der Waals surface area contributed by atoms with Crippen LogP contribution in [0.1, 0.15) is 40.5 Å². The van der Waals surface area contributed by atoms with E-state index in [1.54, 1.807) is 11.1 Å². The van der Waals surface area contributed by atoms with E-state index in [-0.39, 0.29) is 0 Å². The molecular formula is C10H18. The minimum absolute atomic E-state index is 0.770. The highest BCUT2D eigenvalue weighted by molar-refractivity contribution is 5.29. The quantitative estimate of drug-likeness (QED) is 0.513. The largest absolute Gasteiger partial charge is 0.0713 e. The average molecular weight is 138 g/mol. The predicted octanol–water partition coefficient (Wildman–Crippen LogP) is 3.39. The molecule has 1 fully saturated rings. The van der Waals surface area contributed by atoms with Crippen molar-refractivity contribution in [3.63, 3.8) is 0 Å². The minimum Gasteiger partial charge on any atom is -0.0713 e. The van der Waals surface area contributed by atoms with Crippen molar-refractivity contribution in [1.82, 2.24) is 0 Å². The van der Waals surface area contributed by atoms with Crippen LogP contribution in [0.25, 0.3) is 0 Å². The first-order valence-corrected chi connectivity index (χ1v) is 4.36. The molecule has 1 saturated carbocycles. The van der Waals surface area contributed by atoms with E-state index in [1.807, 2.05) is 0 Å². The van der Waals surface area contributed by atoms with Gasteiger partial charge >= 0.3 is 0 Å². The topological polar surface area (TPSA) is 0 Å². The Labute approximate surface area is 64.3 Å². The van der Waals surface area contributed by atoms with Crippen molar-refractivity contribution in [3.05, 3.63) is 11.1 Å². The van der Waals surface area contributed by atoms with Gasteiger partial charge < -0.3 is 0 Å². The number of hydrogen-bond donors (Lipinski definition) is 0. The molecular weight excluding hydrogens is 120 g/mol. The molecule has 1 atom stereocenters. The highest BCUT2D eigenvalue weighted by Crippen LogP contribution is 2.44. The molecule has 0 aliphatic heterocycles. The molecule has 0 nitrogen and oxygen atoms in total. The summed E-state index contributed by atoms with van der Waals surface area (Å²) in [5.41, 5.74) is 3.39.